The third-order valence-electron chi connectivity index (χ3n) is 2.78. The lowest BCUT2D eigenvalue weighted by Crippen LogP contribution is -2.31. The van der Waals surface area contributed by atoms with E-state index in [1.54, 1.807) is 0 Å². The van der Waals surface area contributed by atoms with Gasteiger partial charge < -0.3 is 14.6 Å². The molecule has 4 heteroatoms. The number of rotatable bonds is 3. The van der Waals surface area contributed by atoms with Crippen LogP contribution in [0.25, 0.3) is 0 Å². The number of likely N-dealkylation sites (N-methyl/N-ethyl adjacent to an activating group) is 1. The number of nitrogens with one attached hydrogen (secondary N) is 1. The summed E-state index contributed by atoms with van der Waals surface area (Å²) in [5, 5.41) is 3.28. The van der Waals surface area contributed by atoms with Crippen molar-refractivity contribution in [3.63, 3.8) is 0 Å². The second-order valence-corrected chi connectivity index (χ2v) is 3.71. The summed E-state index contributed by atoms with van der Waals surface area (Å²) in [5.41, 5.74) is 0. The molecule has 4 nitrogen and oxygen atoms in total. The third-order valence-corrected chi connectivity index (χ3v) is 2.78. The molecule has 0 aromatic carbocycles. The molecular weight excluding hydrogens is 178 g/mol. The highest BCUT2D eigenvalue weighted by atomic mass is 16.5. The zero-order valence-corrected chi connectivity index (χ0v) is 8.73. The number of aryl methyl sites for hydroxylation is 1. The molecule has 2 atom stereocenters. The molecule has 14 heavy (non-hydrogen) atoms. The monoisotopic (exact) mass is 195 g/mol. The van der Waals surface area contributed by atoms with Crippen molar-refractivity contribution in [1.82, 2.24) is 14.9 Å². The van der Waals surface area contributed by atoms with E-state index >= 15 is 0 Å². The van der Waals surface area contributed by atoms with Crippen LogP contribution in [0.3, 0.4) is 0 Å². The molecule has 1 aliphatic rings. The fraction of sp³-hybridized carbons (Fsp3) is 0.700. The summed E-state index contributed by atoms with van der Waals surface area (Å²) < 4.78 is 7.71. The van der Waals surface area contributed by atoms with Gasteiger partial charge in [0, 0.05) is 26.0 Å². The first-order chi connectivity index (χ1) is 6.83. The van der Waals surface area contributed by atoms with Crippen LogP contribution in [-0.4, -0.2) is 29.3 Å². The molecule has 2 unspecified atom stereocenters. The minimum Gasteiger partial charge on any atom is -0.376 e. The summed E-state index contributed by atoms with van der Waals surface area (Å²) in [6.07, 6.45) is 6.36. The lowest BCUT2D eigenvalue weighted by Gasteiger charge is -2.21. The van der Waals surface area contributed by atoms with Crippen molar-refractivity contribution in [3.05, 3.63) is 18.2 Å². The molecule has 1 saturated heterocycles. The standard InChI is InChI=1S/C10H17N3O/c1-11-9(8-4-3-7-14-8)10-12-5-6-13(10)2/h5-6,8-9,11H,3-4,7H2,1-2H3. The van der Waals surface area contributed by atoms with Gasteiger partial charge in [0.05, 0.1) is 12.1 Å². The van der Waals surface area contributed by atoms with E-state index in [-0.39, 0.29) is 12.1 Å². The van der Waals surface area contributed by atoms with E-state index in [2.05, 4.69) is 10.3 Å². The maximum atomic E-state index is 5.67. The highest BCUT2D eigenvalue weighted by molar-refractivity contribution is 5.02. The summed E-state index contributed by atoms with van der Waals surface area (Å²) in [4.78, 5) is 4.35. The molecule has 0 spiro atoms. The third kappa shape index (κ3) is 1.67. The zero-order chi connectivity index (χ0) is 9.97. The number of nitrogens with zero attached hydrogens (tertiary/aromatic N) is 2. The fourth-order valence-electron chi connectivity index (χ4n) is 2.02. The molecule has 1 aromatic rings. The molecule has 78 valence electrons. The number of ether oxygens (including phenoxy) is 1. The zero-order valence-electron chi connectivity index (χ0n) is 8.73. The van der Waals surface area contributed by atoms with E-state index in [4.69, 9.17) is 4.74 Å². The SMILES string of the molecule is CNC(c1nccn1C)C1CCCO1. The van der Waals surface area contributed by atoms with E-state index < -0.39 is 0 Å². The van der Waals surface area contributed by atoms with Crippen LogP contribution in [0.15, 0.2) is 12.4 Å². The maximum Gasteiger partial charge on any atom is 0.128 e. The van der Waals surface area contributed by atoms with E-state index in [1.807, 2.05) is 31.1 Å². The fourth-order valence-corrected chi connectivity index (χ4v) is 2.02. The molecule has 0 amide bonds. The van der Waals surface area contributed by atoms with Crippen molar-refractivity contribution in [2.75, 3.05) is 13.7 Å². The molecule has 1 fully saturated rings. The van der Waals surface area contributed by atoms with Crippen molar-refractivity contribution in [2.45, 2.75) is 25.0 Å². The van der Waals surface area contributed by atoms with Gasteiger partial charge in [0.2, 0.25) is 0 Å². The Hall–Kier alpha value is -0.870. The van der Waals surface area contributed by atoms with Crippen molar-refractivity contribution in [3.8, 4) is 0 Å². The van der Waals surface area contributed by atoms with Crippen LogP contribution in [-0.2, 0) is 11.8 Å². The minimum atomic E-state index is 0.220. The van der Waals surface area contributed by atoms with Gasteiger partial charge in [-0.25, -0.2) is 4.98 Å². The lowest BCUT2D eigenvalue weighted by atomic mass is 10.1. The highest BCUT2D eigenvalue weighted by Gasteiger charge is 2.28. The summed E-state index contributed by atoms with van der Waals surface area (Å²) in [5.74, 6) is 1.06. The Bertz CT molecular complexity index is 291. The van der Waals surface area contributed by atoms with Crippen LogP contribution in [0.4, 0.5) is 0 Å². The van der Waals surface area contributed by atoms with Crippen LogP contribution in [0.2, 0.25) is 0 Å². The van der Waals surface area contributed by atoms with Crippen LogP contribution in [0.5, 0.6) is 0 Å². The predicted octanol–water partition coefficient (Wildman–Crippen LogP) is 0.860. The van der Waals surface area contributed by atoms with Crippen LogP contribution < -0.4 is 5.32 Å². The normalized spacial score (nSPS) is 24.0. The predicted molar refractivity (Wildman–Crippen MR) is 54.0 cm³/mol. The Kier molecular flexibility index (Phi) is 2.84. The summed E-state index contributed by atoms with van der Waals surface area (Å²) >= 11 is 0. The Morgan fingerprint density at radius 1 is 1.71 bits per heavy atom. The van der Waals surface area contributed by atoms with Gasteiger partial charge in [-0.05, 0) is 19.9 Å². The average molecular weight is 195 g/mol. The molecule has 0 radical (unpaired) electrons. The van der Waals surface area contributed by atoms with Crippen LogP contribution in [0, 0.1) is 0 Å². The minimum absolute atomic E-state index is 0.220. The van der Waals surface area contributed by atoms with E-state index in [0.29, 0.717) is 0 Å². The van der Waals surface area contributed by atoms with Gasteiger partial charge in [-0.3, -0.25) is 0 Å². The van der Waals surface area contributed by atoms with Crippen LogP contribution in [0.1, 0.15) is 24.7 Å². The van der Waals surface area contributed by atoms with Crippen molar-refractivity contribution in [2.24, 2.45) is 7.05 Å². The van der Waals surface area contributed by atoms with Crippen molar-refractivity contribution < 1.29 is 4.74 Å². The Morgan fingerprint density at radius 3 is 3.07 bits per heavy atom. The van der Waals surface area contributed by atoms with E-state index in [1.165, 1.54) is 0 Å². The number of hydrogen-bond donors (Lipinski definition) is 1. The largest absolute Gasteiger partial charge is 0.376 e. The lowest BCUT2D eigenvalue weighted by molar-refractivity contribution is 0.0773. The van der Waals surface area contributed by atoms with Gasteiger partial charge in [0.25, 0.3) is 0 Å². The Labute approximate surface area is 84.3 Å². The quantitative estimate of drug-likeness (QED) is 0.777. The smallest absolute Gasteiger partial charge is 0.128 e. The molecule has 1 aliphatic heterocycles. The first-order valence-electron chi connectivity index (χ1n) is 5.09. The number of hydrogen-bond acceptors (Lipinski definition) is 3. The molecular formula is C10H17N3O. The Balaban J connectivity index is 2.16. The highest BCUT2D eigenvalue weighted by Crippen LogP contribution is 2.25. The van der Waals surface area contributed by atoms with Gasteiger partial charge in [-0.1, -0.05) is 0 Å². The van der Waals surface area contributed by atoms with Gasteiger partial charge in [-0.2, -0.15) is 0 Å². The van der Waals surface area contributed by atoms with Crippen molar-refractivity contribution in [1.29, 1.82) is 0 Å². The Morgan fingerprint density at radius 2 is 2.57 bits per heavy atom. The first-order valence-corrected chi connectivity index (χ1v) is 5.09. The molecule has 2 heterocycles. The maximum absolute atomic E-state index is 5.67. The van der Waals surface area contributed by atoms with Gasteiger partial charge >= 0.3 is 0 Å². The molecule has 1 N–H and O–H groups in total. The molecule has 0 bridgehead atoms. The number of aromatic nitrogens is 2. The van der Waals surface area contributed by atoms with Crippen molar-refractivity contribution >= 4 is 0 Å². The molecule has 1 aromatic heterocycles. The summed E-state index contributed by atoms with van der Waals surface area (Å²) in [6, 6.07) is 0.220. The average Bonchev–Trinajstić information content (AvgIpc) is 2.80. The summed E-state index contributed by atoms with van der Waals surface area (Å²) in [6.45, 7) is 0.882. The van der Waals surface area contributed by atoms with E-state index in [0.717, 1.165) is 25.3 Å². The molecule has 0 aliphatic carbocycles. The van der Waals surface area contributed by atoms with Crippen LogP contribution >= 0.6 is 0 Å². The van der Waals surface area contributed by atoms with E-state index in [9.17, 15) is 0 Å². The topological polar surface area (TPSA) is 39.1 Å². The second-order valence-electron chi connectivity index (χ2n) is 3.71. The number of imidazole rings is 1. The van der Waals surface area contributed by atoms with Gasteiger partial charge in [0.1, 0.15) is 5.82 Å². The van der Waals surface area contributed by atoms with Gasteiger partial charge in [0.15, 0.2) is 0 Å². The second kappa shape index (κ2) is 4.11. The summed E-state index contributed by atoms with van der Waals surface area (Å²) in [7, 11) is 3.97. The first kappa shape index (κ1) is 9.68. The van der Waals surface area contributed by atoms with Gasteiger partial charge in [-0.15, -0.1) is 0 Å². The molecule has 2 rings (SSSR count). The molecule has 0 saturated carbocycles.